The van der Waals surface area contributed by atoms with Crippen LogP contribution >= 0.6 is 0 Å². The summed E-state index contributed by atoms with van der Waals surface area (Å²) < 4.78 is 11.4. The number of nitrogens with zero attached hydrogens (tertiary/aromatic N) is 1. The lowest BCUT2D eigenvalue weighted by Gasteiger charge is -2.10. The van der Waals surface area contributed by atoms with Crippen molar-refractivity contribution in [3.8, 4) is 11.5 Å². The van der Waals surface area contributed by atoms with Crippen molar-refractivity contribution in [2.45, 2.75) is 6.61 Å². The van der Waals surface area contributed by atoms with Crippen LogP contribution in [0.2, 0.25) is 0 Å². The predicted octanol–water partition coefficient (Wildman–Crippen LogP) is 3.18. The summed E-state index contributed by atoms with van der Waals surface area (Å²) in [6.45, 7) is 0.927. The van der Waals surface area contributed by atoms with Crippen molar-refractivity contribution in [1.82, 2.24) is 4.98 Å². The van der Waals surface area contributed by atoms with E-state index in [-0.39, 0.29) is 6.61 Å². The van der Waals surface area contributed by atoms with Crippen LogP contribution in [0.3, 0.4) is 0 Å². The summed E-state index contributed by atoms with van der Waals surface area (Å²) in [7, 11) is 0. The number of aliphatic hydroxyl groups excluding tert-OH is 1. The van der Waals surface area contributed by atoms with Gasteiger partial charge in [-0.25, -0.2) is 0 Å². The number of ether oxygens (including phenoxy) is 2. The fourth-order valence-electron chi connectivity index (χ4n) is 2.19. The van der Waals surface area contributed by atoms with E-state index in [1.165, 1.54) is 0 Å². The second-order valence-electron chi connectivity index (χ2n) is 4.83. The first-order valence-electron chi connectivity index (χ1n) is 7.16. The lowest BCUT2D eigenvalue weighted by Crippen LogP contribution is -2.09. The molecular formula is C18H17NO3. The van der Waals surface area contributed by atoms with Crippen LogP contribution in [0, 0.1) is 0 Å². The van der Waals surface area contributed by atoms with Gasteiger partial charge in [-0.05, 0) is 29.8 Å². The van der Waals surface area contributed by atoms with E-state index in [1.54, 1.807) is 6.20 Å². The number of aromatic nitrogens is 1. The van der Waals surface area contributed by atoms with E-state index in [9.17, 15) is 0 Å². The average Bonchev–Trinajstić information content (AvgIpc) is 2.59. The highest BCUT2D eigenvalue weighted by molar-refractivity contribution is 5.84. The number of para-hydroxylation sites is 1. The monoisotopic (exact) mass is 295 g/mol. The Morgan fingerprint density at radius 1 is 0.864 bits per heavy atom. The summed E-state index contributed by atoms with van der Waals surface area (Å²) in [5.74, 6) is 1.52. The first kappa shape index (κ1) is 14.4. The number of fused-ring (bicyclic) bond motifs is 1. The maximum Gasteiger partial charge on any atom is 0.145 e. The Kier molecular flexibility index (Phi) is 4.51. The summed E-state index contributed by atoms with van der Waals surface area (Å²) in [6, 6.07) is 17.1. The van der Waals surface area contributed by atoms with Crippen LogP contribution in [-0.2, 0) is 6.61 Å². The lowest BCUT2D eigenvalue weighted by atomic mass is 10.2. The quantitative estimate of drug-likeness (QED) is 0.710. The molecule has 0 amide bonds. The number of hydrogen-bond donors (Lipinski definition) is 1. The van der Waals surface area contributed by atoms with Crippen molar-refractivity contribution in [3.63, 3.8) is 0 Å². The average molecular weight is 295 g/mol. The van der Waals surface area contributed by atoms with Crippen molar-refractivity contribution in [3.05, 3.63) is 66.4 Å². The van der Waals surface area contributed by atoms with E-state index in [0.717, 1.165) is 28.0 Å². The Hall–Kier alpha value is -2.59. The molecule has 1 N–H and O–H groups in total. The third-order valence-electron chi connectivity index (χ3n) is 3.31. The first-order chi connectivity index (χ1) is 10.9. The Labute approximate surface area is 129 Å². The van der Waals surface area contributed by atoms with Crippen molar-refractivity contribution < 1.29 is 14.6 Å². The van der Waals surface area contributed by atoms with E-state index < -0.39 is 0 Å². The van der Waals surface area contributed by atoms with Crippen molar-refractivity contribution >= 4 is 10.9 Å². The van der Waals surface area contributed by atoms with Gasteiger partial charge in [-0.3, -0.25) is 4.98 Å². The highest BCUT2D eigenvalue weighted by Crippen LogP contribution is 2.22. The molecule has 0 spiro atoms. The van der Waals surface area contributed by atoms with E-state index in [2.05, 4.69) is 4.98 Å². The predicted molar refractivity (Wildman–Crippen MR) is 85.1 cm³/mol. The van der Waals surface area contributed by atoms with Gasteiger partial charge < -0.3 is 14.6 Å². The molecule has 1 aromatic heterocycles. The van der Waals surface area contributed by atoms with Gasteiger partial charge in [0.1, 0.15) is 30.2 Å². The van der Waals surface area contributed by atoms with E-state index in [4.69, 9.17) is 14.6 Å². The maximum absolute atomic E-state index is 8.99. The SMILES string of the molecule is OCc1ccc(OCCOc2cccc3cccnc23)cc1. The van der Waals surface area contributed by atoms with Crippen molar-refractivity contribution in [2.75, 3.05) is 13.2 Å². The van der Waals surface area contributed by atoms with Gasteiger partial charge in [0.2, 0.25) is 0 Å². The minimum absolute atomic E-state index is 0.0392. The number of hydrogen-bond acceptors (Lipinski definition) is 4. The Bertz CT molecular complexity index is 735. The molecular weight excluding hydrogens is 278 g/mol. The molecule has 0 aliphatic carbocycles. The first-order valence-corrected chi connectivity index (χ1v) is 7.16. The molecule has 0 aliphatic rings. The summed E-state index contributed by atoms with van der Waals surface area (Å²) in [5.41, 5.74) is 1.72. The second-order valence-corrected chi connectivity index (χ2v) is 4.83. The van der Waals surface area contributed by atoms with Gasteiger partial charge in [-0.1, -0.05) is 30.3 Å². The number of aliphatic hydroxyl groups is 1. The Morgan fingerprint density at radius 3 is 2.45 bits per heavy atom. The smallest absolute Gasteiger partial charge is 0.145 e. The Morgan fingerprint density at radius 2 is 1.64 bits per heavy atom. The lowest BCUT2D eigenvalue weighted by molar-refractivity contribution is 0.218. The highest BCUT2D eigenvalue weighted by atomic mass is 16.5. The second kappa shape index (κ2) is 6.91. The van der Waals surface area contributed by atoms with Gasteiger partial charge in [-0.2, -0.15) is 0 Å². The van der Waals surface area contributed by atoms with Crippen LogP contribution in [0.5, 0.6) is 11.5 Å². The summed E-state index contributed by atoms with van der Waals surface area (Å²) >= 11 is 0. The minimum Gasteiger partial charge on any atom is -0.490 e. The zero-order valence-corrected chi connectivity index (χ0v) is 12.1. The number of pyridine rings is 1. The van der Waals surface area contributed by atoms with Gasteiger partial charge in [-0.15, -0.1) is 0 Å². The van der Waals surface area contributed by atoms with Gasteiger partial charge >= 0.3 is 0 Å². The fourth-order valence-corrected chi connectivity index (χ4v) is 2.19. The van der Waals surface area contributed by atoms with Crippen LogP contribution in [0.1, 0.15) is 5.56 Å². The molecule has 4 nitrogen and oxygen atoms in total. The molecule has 112 valence electrons. The Balaban J connectivity index is 1.56. The molecule has 0 fully saturated rings. The third kappa shape index (κ3) is 3.35. The van der Waals surface area contributed by atoms with E-state index >= 15 is 0 Å². The van der Waals surface area contributed by atoms with Crippen LogP contribution < -0.4 is 9.47 Å². The van der Waals surface area contributed by atoms with Gasteiger partial charge in [0.25, 0.3) is 0 Å². The topological polar surface area (TPSA) is 51.6 Å². The molecule has 0 unspecified atom stereocenters. The molecule has 22 heavy (non-hydrogen) atoms. The van der Waals surface area contributed by atoms with Gasteiger partial charge in [0.15, 0.2) is 0 Å². The molecule has 0 atom stereocenters. The van der Waals surface area contributed by atoms with Crippen LogP contribution in [0.4, 0.5) is 0 Å². The summed E-state index contributed by atoms with van der Waals surface area (Å²) in [4.78, 5) is 4.35. The van der Waals surface area contributed by atoms with Crippen LogP contribution in [0.15, 0.2) is 60.8 Å². The highest BCUT2D eigenvalue weighted by Gasteiger charge is 2.02. The van der Waals surface area contributed by atoms with Crippen LogP contribution in [-0.4, -0.2) is 23.3 Å². The molecule has 1 heterocycles. The van der Waals surface area contributed by atoms with Gasteiger partial charge in [0.05, 0.1) is 6.61 Å². The molecule has 2 aromatic carbocycles. The molecule has 3 rings (SSSR count). The standard InChI is InChI=1S/C18H17NO3/c20-13-14-6-8-16(9-7-14)21-11-12-22-17-5-1-3-15-4-2-10-19-18(15)17/h1-10,20H,11-13H2. The maximum atomic E-state index is 8.99. The van der Waals surface area contributed by atoms with Gasteiger partial charge in [0, 0.05) is 11.6 Å². The summed E-state index contributed by atoms with van der Waals surface area (Å²) in [5, 5.41) is 10.0. The number of rotatable bonds is 6. The normalized spacial score (nSPS) is 10.6. The minimum atomic E-state index is 0.0392. The molecule has 0 radical (unpaired) electrons. The zero-order chi connectivity index (χ0) is 15.2. The van der Waals surface area contributed by atoms with E-state index in [1.807, 2.05) is 54.6 Å². The summed E-state index contributed by atoms with van der Waals surface area (Å²) in [6.07, 6.45) is 1.76. The third-order valence-corrected chi connectivity index (χ3v) is 3.31. The molecule has 0 saturated carbocycles. The van der Waals surface area contributed by atoms with Crippen LogP contribution in [0.25, 0.3) is 10.9 Å². The molecule has 3 aromatic rings. The number of benzene rings is 2. The van der Waals surface area contributed by atoms with E-state index in [0.29, 0.717) is 13.2 Å². The van der Waals surface area contributed by atoms with Crippen molar-refractivity contribution in [1.29, 1.82) is 0 Å². The molecule has 0 saturated heterocycles. The fraction of sp³-hybridized carbons (Fsp3) is 0.167. The van der Waals surface area contributed by atoms with Crippen molar-refractivity contribution in [2.24, 2.45) is 0 Å². The molecule has 4 heteroatoms. The zero-order valence-electron chi connectivity index (χ0n) is 12.1. The molecule has 0 bridgehead atoms. The molecule has 0 aliphatic heterocycles. The largest absolute Gasteiger partial charge is 0.490 e.